The van der Waals surface area contributed by atoms with E-state index >= 15 is 0 Å². The third-order valence-corrected chi connectivity index (χ3v) is 4.89. The Morgan fingerprint density at radius 1 is 1.00 bits per heavy atom. The van der Waals surface area contributed by atoms with Gasteiger partial charge in [0, 0.05) is 24.1 Å². The molecule has 2 N–H and O–H groups in total. The topological polar surface area (TPSA) is 43.8 Å². The van der Waals surface area contributed by atoms with Gasteiger partial charge in [0.15, 0.2) is 0 Å². The van der Waals surface area contributed by atoms with Gasteiger partial charge in [-0.2, -0.15) is 0 Å². The Hall–Kier alpha value is -2.40. The van der Waals surface area contributed by atoms with Gasteiger partial charge in [0.2, 0.25) is 0 Å². The second-order valence-corrected chi connectivity index (χ2v) is 6.60. The van der Waals surface area contributed by atoms with E-state index in [1.165, 1.54) is 18.2 Å². The Kier molecular flexibility index (Phi) is 3.96. The zero-order valence-corrected chi connectivity index (χ0v) is 14.2. The fourth-order valence-electron chi connectivity index (χ4n) is 3.28. The van der Waals surface area contributed by atoms with Crippen molar-refractivity contribution in [3.8, 4) is 22.4 Å². The molecular weight excluding hydrogens is 344 g/mol. The van der Waals surface area contributed by atoms with E-state index in [1.54, 1.807) is 18.2 Å². The number of hydrogen-bond donors (Lipinski definition) is 1. The average molecular weight is 360 g/mol. The van der Waals surface area contributed by atoms with Gasteiger partial charge in [0.25, 0.3) is 0 Å². The van der Waals surface area contributed by atoms with Gasteiger partial charge in [0.1, 0.15) is 29.0 Å². The molecule has 6 heteroatoms. The van der Waals surface area contributed by atoms with Crippen LogP contribution in [-0.2, 0) is 13.0 Å². The number of rotatable bonds is 2. The van der Waals surface area contributed by atoms with Gasteiger partial charge in [-0.15, -0.1) is 0 Å². The minimum absolute atomic E-state index is 0.00586. The normalized spacial score (nSPS) is 13.7. The summed E-state index contributed by atoms with van der Waals surface area (Å²) in [4.78, 5) is 4.64. The summed E-state index contributed by atoms with van der Waals surface area (Å²) in [5.41, 5.74) is 8.33. The van der Waals surface area contributed by atoms with Crippen LogP contribution in [0.3, 0.4) is 0 Å². The molecule has 2 aromatic carbocycles. The zero-order chi connectivity index (χ0) is 17.6. The van der Waals surface area contributed by atoms with Gasteiger partial charge < -0.3 is 10.3 Å². The monoisotopic (exact) mass is 359 g/mol. The predicted molar refractivity (Wildman–Crippen MR) is 95.4 cm³/mol. The highest BCUT2D eigenvalue weighted by molar-refractivity contribution is 6.30. The Balaban J connectivity index is 1.82. The van der Waals surface area contributed by atoms with Crippen LogP contribution in [0, 0.1) is 11.6 Å². The number of nitrogens with two attached hydrogens (primary N) is 1. The molecule has 0 amide bonds. The first-order chi connectivity index (χ1) is 12.0. The van der Waals surface area contributed by atoms with Crippen molar-refractivity contribution in [2.75, 3.05) is 5.73 Å². The Labute approximate surface area is 149 Å². The molecule has 1 aliphatic rings. The number of nitrogen functional groups attached to an aromatic ring is 1. The molecule has 0 unspecified atom stereocenters. The number of halogens is 3. The number of aromatic nitrogens is 2. The molecule has 0 fully saturated rings. The van der Waals surface area contributed by atoms with Crippen LogP contribution in [0.25, 0.3) is 22.4 Å². The Morgan fingerprint density at radius 3 is 2.56 bits per heavy atom. The maximum absolute atomic E-state index is 14.3. The Morgan fingerprint density at radius 2 is 1.80 bits per heavy atom. The molecule has 2 heterocycles. The number of imidazole rings is 1. The second kappa shape index (κ2) is 6.15. The minimum atomic E-state index is -0.582. The van der Waals surface area contributed by atoms with Gasteiger partial charge >= 0.3 is 0 Å². The molecule has 1 aliphatic heterocycles. The fourth-order valence-corrected chi connectivity index (χ4v) is 3.39. The third kappa shape index (κ3) is 2.78. The summed E-state index contributed by atoms with van der Waals surface area (Å²) in [6, 6.07) is 8.90. The number of anilines is 1. The van der Waals surface area contributed by atoms with Crippen molar-refractivity contribution in [1.82, 2.24) is 9.55 Å². The maximum Gasteiger partial charge on any atom is 0.142 e. The highest BCUT2D eigenvalue weighted by atomic mass is 35.5. The van der Waals surface area contributed by atoms with Gasteiger partial charge in [-0.3, -0.25) is 0 Å². The number of fused-ring (bicyclic) bond motifs is 1. The summed E-state index contributed by atoms with van der Waals surface area (Å²) in [6.07, 6.45) is 3.06. The average Bonchev–Trinajstić information content (AvgIpc) is 2.95. The summed E-state index contributed by atoms with van der Waals surface area (Å²) in [6.45, 7) is 0.852. The zero-order valence-electron chi connectivity index (χ0n) is 13.4. The maximum atomic E-state index is 14.3. The van der Waals surface area contributed by atoms with Crippen molar-refractivity contribution in [2.45, 2.75) is 25.8 Å². The van der Waals surface area contributed by atoms with Gasteiger partial charge in [-0.1, -0.05) is 17.7 Å². The molecule has 0 saturated carbocycles. The van der Waals surface area contributed by atoms with Gasteiger partial charge in [-0.05, 0) is 48.7 Å². The van der Waals surface area contributed by atoms with E-state index in [0.29, 0.717) is 28.2 Å². The van der Waals surface area contributed by atoms with Crippen molar-refractivity contribution >= 4 is 17.4 Å². The van der Waals surface area contributed by atoms with E-state index in [9.17, 15) is 8.78 Å². The lowest BCUT2D eigenvalue weighted by atomic mass is 10.0. The number of benzene rings is 2. The van der Waals surface area contributed by atoms with Crippen LogP contribution >= 0.6 is 11.6 Å². The largest absolute Gasteiger partial charge is 0.383 e. The van der Waals surface area contributed by atoms with Crippen LogP contribution in [0.5, 0.6) is 0 Å². The van der Waals surface area contributed by atoms with E-state index in [2.05, 4.69) is 4.98 Å². The molecule has 128 valence electrons. The van der Waals surface area contributed by atoms with Crippen LogP contribution in [0.15, 0.2) is 36.4 Å². The SMILES string of the molecule is Nc1c(-c2ccc(F)c(-c3ccc(Cl)c(F)c3)c2)nc2n1CCCC2. The van der Waals surface area contributed by atoms with Crippen LogP contribution < -0.4 is 5.73 Å². The van der Waals surface area contributed by atoms with Crippen LogP contribution in [0.1, 0.15) is 18.7 Å². The lowest BCUT2D eigenvalue weighted by molar-refractivity contribution is 0.527. The molecule has 3 nitrogen and oxygen atoms in total. The number of hydrogen-bond acceptors (Lipinski definition) is 2. The molecule has 4 rings (SSSR count). The molecule has 0 spiro atoms. The highest BCUT2D eigenvalue weighted by Gasteiger charge is 2.20. The van der Waals surface area contributed by atoms with Crippen molar-refractivity contribution in [3.05, 3.63) is 58.9 Å². The minimum Gasteiger partial charge on any atom is -0.383 e. The first-order valence-electron chi connectivity index (χ1n) is 8.15. The standard InChI is InChI=1S/C19H16ClF2N3/c20-14-6-4-11(10-16(14)22)13-9-12(5-7-15(13)21)18-19(23)25-8-2-1-3-17(25)24-18/h4-7,9-10H,1-3,8,23H2. The summed E-state index contributed by atoms with van der Waals surface area (Å²) in [7, 11) is 0. The molecule has 25 heavy (non-hydrogen) atoms. The van der Waals surface area contributed by atoms with Gasteiger partial charge in [-0.25, -0.2) is 13.8 Å². The molecule has 0 saturated heterocycles. The summed E-state index contributed by atoms with van der Waals surface area (Å²) in [5, 5.41) is 0.00586. The first-order valence-corrected chi connectivity index (χ1v) is 8.52. The molecular formula is C19H16ClF2N3. The molecule has 3 aromatic rings. The van der Waals surface area contributed by atoms with Crippen LogP contribution in [0.4, 0.5) is 14.6 Å². The van der Waals surface area contributed by atoms with Crippen molar-refractivity contribution < 1.29 is 8.78 Å². The lowest BCUT2D eigenvalue weighted by Gasteiger charge is -2.14. The van der Waals surface area contributed by atoms with Crippen molar-refractivity contribution in [2.24, 2.45) is 0 Å². The van der Waals surface area contributed by atoms with Crippen molar-refractivity contribution in [3.63, 3.8) is 0 Å². The van der Waals surface area contributed by atoms with Crippen LogP contribution in [0.2, 0.25) is 5.02 Å². The molecule has 0 bridgehead atoms. The van der Waals surface area contributed by atoms with E-state index in [1.807, 2.05) is 4.57 Å². The third-order valence-electron chi connectivity index (χ3n) is 4.59. The number of nitrogens with zero attached hydrogens (tertiary/aromatic N) is 2. The van der Waals surface area contributed by atoms with Crippen LogP contribution in [-0.4, -0.2) is 9.55 Å². The Bertz CT molecular complexity index is 966. The number of aryl methyl sites for hydroxylation is 1. The molecule has 0 aliphatic carbocycles. The molecule has 0 radical (unpaired) electrons. The first kappa shape index (κ1) is 16.1. The quantitative estimate of drug-likeness (QED) is 0.694. The second-order valence-electron chi connectivity index (χ2n) is 6.19. The van der Waals surface area contributed by atoms with Gasteiger partial charge in [0.05, 0.1) is 5.02 Å². The van der Waals surface area contributed by atoms with E-state index in [0.717, 1.165) is 31.6 Å². The molecule has 1 aromatic heterocycles. The highest BCUT2D eigenvalue weighted by Crippen LogP contribution is 2.34. The lowest BCUT2D eigenvalue weighted by Crippen LogP contribution is -2.12. The van der Waals surface area contributed by atoms with Crippen molar-refractivity contribution in [1.29, 1.82) is 0 Å². The van der Waals surface area contributed by atoms with E-state index in [-0.39, 0.29) is 5.02 Å². The summed E-state index contributed by atoms with van der Waals surface area (Å²) >= 11 is 5.72. The smallest absolute Gasteiger partial charge is 0.142 e. The summed E-state index contributed by atoms with van der Waals surface area (Å²) in [5.74, 6) is 0.533. The summed E-state index contributed by atoms with van der Waals surface area (Å²) < 4.78 is 30.1. The predicted octanol–water partition coefficient (Wildman–Crippen LogP) is 5.07. The fraction of sp³-hybridized carbons (Fsp3) is 0.211. The van der Waals surface area contributed by atoms with E-state index in [4.69, 9.17) is 17.3 Å². The van der Waals surface area contributed by atoms with E-state index < -0.39 is 11.6 Å². The molecule has 0 atom stereocenters.